The SMILES string of the molecule is CN(C)C=CC(=O)c1cncc(-c2ccccc2)c1. The molecular weight excluding hydrogens is 236 g/mol. The maximum absolute atomic E-state index is 12.0. The van der Waals surface area contributed by atoms with Gasteiger partial charge in [-0.3, -0.25) is 9.78 Å². The van der Waals surface area contributed by atoms with Crippen LogP contribution < -0.4 is 0 Å². The van der Waals surface area contributed by atoms with E-state index in [0.717, 1.165) is 11.1 Å². The quantitative estimate of drug-likeness (QED) is 0.619. The highest BCUT2D eigenvalue weighted by Crippen LogP contribution is 2.19. The molecule has 0 aliphatic heterocycles. The molecule has 1 aromatic carbocycles. The lowest BCUT2D eigenvalue weighted by atomic mass is 10.0. The Morgan fingerprint density at radius 1 is 1.11 bits per heavy atom. The van der Waals surface area contributed by atoms with Gasteiger partial charge >= 0.3 is 0 Å². The molecule has 0 saturated heterocycles. The van der Waals surface area contributed by atoms with Gasteiger partial charge in [0, 0.05) is 49.9 Å². The van der Waals surface area contributed by atoms with Crippen LogP contribution in [0.4, 0.5) is 0 Å². The predicted molar refractivity (Wildman–Crippen MR) is 76.8 cm³/mol. The minimum atomic E-state index is -0.0426. The molecule has 3 nitrogen and oxygen atoms in total. The number of hydrogen-bond acceptors (Lipinski definition) is 3. The molecule has 0 radical (unpaired) electrons. The van der Waals surface area contributed by atoms with Crippen molar-refractivity contribution in [1.82, 2.24) is 9.88 Å². The third-order valence-corrected chi connectivity index (χ3v) is 2.65. The molecule has 19 heavy (non-hydrogen) atoms. The molecule has 0 N–H and O–H groups in total. The largest absolute Gasteiger partial charge is 0.383 e. The van der Waals surface area contributed by atoms with E-state index in [0.29, 0.717) is 5.56 Å². The zero-order valence-corrected chi connectivity index (χ0v) is 11.1. The van der Waals surface area contributed by atoms with Gasteiger partial charge in [0.05, 0.1) is 0 Å². The van der Waals surface area contributed by atoms with Crippen molar-refractivity contribution >= 4 is 5.78 Å². The molecule has 0 spiro atoms. The number of nitrogens with zero attached hydrogens (tertiary/aromatic N) is 2. The van der Waals surface area contributed by atoms with E-state index >= 15 is 0 Å². The van der Waals surface area contributed by atoms with E-state index in [4.69, 9.17) is 0 Å². The second-order valence-electron chi connectivity index (χ2n) is 4.47. The molecule has 3 heteroatoms. The van der Waals surface area contributed by atoms with Gasteiger partial charge in [-0.25, -0.2) is 0 Å². The van der Waals surface area contributed by atoms with E-state index in [2.05, 4.69) is 4.98 Å². The molecule has 0 amide bonds. The summed E-state index contributed by atoms with van der Waals surface area (Å²) in [7, 11) is 3.75. The van der Waals surface area contributed by atoms with Gasteiger partial charge in [0.15, 0.2) is 5.78 Å². The van der Waals surface area contributed by atoms with Crippen molar-refractivity contribution in [3.05, 3.63) is 66.6 Å². The zero-order chi connectivity index (χ0) is 13.7. The van der Waals surface area contributed by atoms with Crippen molar-refractivity contribution in [1.29, 1.82) is 0 Å². The summed E-state index contributed by atoms with van der Waals surface area (Å²) in [5.74, 6) is -0.0426. The summed E-state index contributed by atoms with van der Waals surface area (Å²) in [5, 5.41) is 0. The topological polar surface area (TPSA) is 33.2 Å². The van der Waals surface area contributed by atoms with Gasteiger partial charge in [-0.1, -0.05) is 30.3 Å². The lowest BCUT2D eigenvalue weighted by Gasteiger charge is -2.04. The Kier molecular flexibility index (Phi) is 4.08. The van der Waals surface area contributed by atoms with Crippen LogP contribution in [-0.4, -0.2) is 29.8 Å². The van der Waals surface area contributed by atoms with E-state index in [1.165, 1.54) is 0 Å². The summed E-state index contributed by atoms with van der Waals surface area (Å²) in [5.41, 5.74) is 2.60. The number of rotatable bonds is 4. The molecule has 1 heterocycles. The minimum absolute atomic E-state index is 0.0426. The predicted octanol–water partition coefficient (Wildman–Crippen LogP) is 3.01. The molecule has 0 aliphatic rings. The molecule has 0 atom stereocenters. The summed E-state index contributed by atoms with van der Waals surface area (Å²) in [6, 6.07) is 11.8. The second-order valence-corrected chi connectivity index (χ2v) is 4.47. The molecule has 0 unspecified atom stereocenters. The molecule has 1 aromatic heterocycles. The molecule has 0 aliphatic carbocycles. The van der Waals surface area contributed by atoms with Crippen LogP contribution in [0.1, 0.15) is 10.4 Å². The highest BCUT2D eigenvalue weighted by atomic mass is 16.1. The van der Waals surface area contributed by atoms with Crippen LogP contribution in [0.2, 0.25) is 0 Å². The third-order valence-electron chi connectivity index (χ3n) is 2.65. The van der Waals surface area contributed by atoms with Crippen LogP contribution in [0.5, 0.6) is 0 Å². The van der Waals surface area contributed by atoms with Gasteiger partial charge in [-0.15, -0.1) is 0 Å². The minimum Gasteiger partial charge on any atom is -0.383 e. The number of pyridine rings is 1. The average molecular weight is 252 g/mol. The molecular formula is C16H16N2O. The van der Waals surface area contributed by atoms with E-state index in [1.807, 2.05) is 55.4 Å². The Labute approximate surface area is 113 Å². The molecule has 2 aromatic rings. The van der Waals surface area contributed by atoms with Crippen molar-refractivity contribution in [3.8, 4) is 11.1 Å². The summed E-state index contributed by atoms with van der Waals surface area (Å²) in [6.07, 6.45) is 6.64. The average Bonchev–Trinajstić information content (AvgIpc) is 2.46. The highest BCUT2D eigenvalue weighted by Gasteiger charge is 2.05. The van der Waals surface area contributed by atoms with Crippen LogP contribution in [0.15, 0.2) is 61.1 Å². The van der Waals surface area contributed by atoms with Gasteiger partial charge in [-0.05, 0) is 11.6 Å². The fourth-order valence-electron chi connectivity index (χ4n) is 1.68. The number of benzene rings is 1. The number of carbonyl (C=O) groups excluding carboxylic acids is 1. The Balaban J connectivity index is 2.28. The summed E-state index contributed by atoms with van der Waals surface area (Å²) < 4.78 is 0. The lowest BCUT2D eigenvalue weighted by Crippen LogP contribution is -2.03. The third kappa shape index (κ3) is 3.52. The van der Waals surface area contributed by atoms with Crippen molar-refractivity contribution in [3.63, 3.8) is 0 Å². The molecule has 0 fully saturated rings. The Hall–Kier alpha value is -2.42. The molecule has 0 bridgehead atoms. The van der Waals surface area contributed by atoms with Gasteiger partial charge in [0.25, 0.3) is 0 Å². The first-order chi connectivity index (χ1) is 9.16. The monoisotopic (exact) mass is 252 g/mol. The van der Waals surface area contributed by atoms with Crippen LogP contribution in [0.25, 0.3) is 11.1 Å². The zero-order valence-electron chi connectivity index (χ0n) is 11.1. The lowest BCUT2D eigenvalue weighted by molar-refractivity contribution is 0.104. The van der Waals surface area contributed by atoms with Crippen LogP contribution in [-0.2, 0) is 0 Å². The van der Waals surface area contributed by atoms with Crippen LogP contribution in [0.3, 0.4) is 0 Å². The van der Waals surface area contributed by atoms with Gasteiger partial charge in [-0.2, -0.15) is 0 Å². The van der Waals surface area contributed by atoms with Crippen molar-refractivity contribution < 1.29 is 4.79 Å². The molecule has 96 valence electrons. The van der Waals surface area contributed by atoms with Crippen molar-refractivity contribution in [2.24, 2.45) is 0 Å². The number of hydrogen-bond donors (Lipinski definition) is 0. The second kappa shape index (κ2) is 5.96. The summed E-state index contributed by atoms with van der Waals surface area (Å²) in [4.78, 5) is 17.9. The Morgan fingerprint density at radius 2 is 1.84 bits per heavy atom. The van der Waals surface area contributed by atoms with E-state index in [9.17, 15) is 4.79 Å². The summed E-state index contributed by atoms with van der Waals surface area (Å²) >= 11 is 0. The Morgan fingerprint density at radius 3 is 2.53 bits per heavy atom. The first-order valence-corrected chi connectivity index (χ1v) is 6.06. The number of aromatic nitrogens is 1. The summed E-state index contributed by atoms with van der Waals surface area (Å²) in [6.45, 7) is 0. The van der Waals surface area contributed by atoms with E-state index < -0.39 is 0 Å². The first-order valence-electron chi connectivity index (χ1n) is 6.06. The fraction of sp³-hybridized carbons (Fsp3) is 0.125. The van der Waals surface area contributed by atoms with Crippen molar-refractivity contribution in [2.75, 3.05) is 14.1 Å². The Bertz CT molecular complexity index is 589. The highest BCUT2D eigenvalue weighted by molar-refractivity contribution is 6.04. The first kappa shape index (κ1) is 13.0. The van der Waals surface area contributed by atoms with Gasteiger partial charge < -0.3 is 4.90 Å². The number of carbonyl (C=O) groups is 1. The maximum Gasteiger partial charge on any atom is 0.188 e. The molecule has 0 saturated carbocycles. The van der Waals surface area contributed by atoms with Crippen molar-refractivity contribution in [2.45, 2.75) is 0 Å². The maximum atomic E-state index is 12.0. The molecule has 2 rings (SSSR count). The normalized spacial score (nSPS) is 10.6. The standard InChI is InChI=1S/C16H16N2O/c1-18(2)9-8-16(19)15-10-14(11-17-12-15)13-6-4-3-5-7-13/h3-12H,1-2H3. The van der Waals surface area contributed by atoms with E-state index in [1.54, 1.807) is 24.7 Å². The van der Waals surface area contributed by atoms with Gasteiger partial charge in [0.1, 0.15) is 0 Å². The van der Waals surface area contributed by atoms with E-state index in [-0.39, 0.29) is 5.78 Å². The van der Waals surface area contributed by atoms with Crippen LogP contribution >= 0.6 is 0 Å². The number of ketones is 1. The smallest absolute Gasteiger partial charge is 0.188 e. The fourth-order valence-corrected chi connectivity index (χ4v) is 1.68. The van der Waals surface area contributed by atoms with Crippen LogP contribution in [0, 0.1) is 0 Å². The van der Waals surface area contributed by atoms with Gasteiger partial charge in [0.2, 0.25) is 0 Å². The number of allylic oxidation sites excluding steroid dienone is 1.